The molecule has 6 heteroatoms. The van der Waals surface area contributed by atoms with E-state index in [9.17, 15) is 9.18 Å². The first-order valence-electron chi connectivity index (χ1n) is 9.36. The van der Waals surface area contributed by atoms with E-state index in [-0.39, 0.29) is 18.1 Å². The van der Waals surface area contributed by atoms with E-state index in [0.717, 1.165) is 46.8 Å². The van der Waals surface area contributed by atoms with Gasteiger partial charge in [-0.05, 0) is 78.0 Å². The SMILES string of the molecule is O=C(NC1CCC(Oc2ccnc3c(Br)cccc23)CC1)c1cccc(F)c1. The van der Waals surface area contributed by atoms with Crippen molar-refractivity contribution < 1.29 is 13.9 Å². The number of pyridine rings is 1. The molecule has 0 unspecified atom stereocenters. The molecule has 0 saturated heterocycles. The summed E-state index contributed by atoms with van der Waals surface area (Å²) < 4.78 is 20.5. The average Bonchev–Trinajstić information content (AvgIpc) is 2.70. The molecule has 1 amide bonds. The first-order valence-corrected chi connectivity index (χ1v) is 10.2. The molecule has 0 aliphatic heterocycles. The first kappa shape index (κ1) is 18.9. The van der Waals surface area contributed by atoms with Gasteiger partial charge in [-0.3, -0.25) is 9.78 Å². The zero-order valence-electron chi connectivity index (χ0n) is 15.2. The maximum atomic E-state index is 13.3. The van der Waals surface area contributed by atoms with Gasteiger partial charge >= 0.3 is 0 Å². The fourth-order valence-electron chi connectivity index (χ4n) is 3.62. The van der Waals surface area contributed by atoms with Crippen LogP contribution in [0, 0.1) is 5.82 Å². The number of para-hydroxylation sites is 1. The van der Waals surface area contributed by atoms with Crippen LogP contribution in [0.5, 0.6) is 5.75 Å². The summed E-state index contributed by atoms with van der Waals surface area (Å²) in [6.45, 7) is 0. The van der Waals surface area contributed by atoms with Crippen LogP contribution in [0.2, 0.25) is 0 Å². The summed E-state index contributed by atoms with van der Waals surface area (Å²) in [5.41, 5.74) is 1.24. The Morgan fingerprint density at radius 2 is 1.89 bits per heavy atom. The topological polar surface area (TPSA) is 51.2 Å². The van der Waals surface area contributed by atoms with Crippen LogP contribution >= 0.6 is 15.9 Å². The van der Waals surface area contributed by atoms with Crippen molar-refractivity contribution in [1.82, 2.24) is 10.3 Å². The van der Waals surface area contributed by atoms with Crippen molar-refractivity contribution in [3.8, 4) is 5.75 Å². The number of carbonyl (C=O) groups is 1. The number of hydrogen-bond donors (Lipinski definition) is 1. The Kier molecular flexibility index (Phi) is 5.57. The summed E-state index contributed by atoms with van der Waals surface area (Å²) in [5.74, 6) is 0.202. The number of aromatic nitrogens is 1. The molecule has 1 aliphatic rings. The minimum atomic E-state index is -0.402. The Morgan fingerprint density at radius 3 is 2.68 bits per heavy atom. The largest absolute Gasteiger partial charge is 0.490 e. The Bertz CT molecular complexity index is 1000. The van der Waals surface area contributed by atoms with Gasteiger partial charge < -0.3 is 10.1 Å². The third-order valence-corrected chi connectivity index (χ3v) is 5.71. The molecule has 28 heavy (non-hydrogen) atoms. The van der Waals surface area contributed by atoms with Gasteiger partial charge in [0.25, 0.3) is 5.91 Å². The maximum Gasteiger partial charge on any atom is 0.251 e. The molecule has 4 nitrogen and oxygen atoms in total. The number of benzene rings is 2. The molecule has 0 radical (unpaired) electrons. The Balaban J connectivity index is 1.36. The van der Waals surface area contributed by atoms with E-state index in [1.165, 1.54) is 12.1 Å². The summed E-state index contributed by atoms with van der Waals surface area (Å²) in [6.07, 6.45) is 5.23. The van der Waals surface area contributed by atoms with Crippen molar-refractivity contribution in [2.45, 2.75) is 37.8 Å². The number of nitrogens with one attached hydrogen (secondary N) is 1. The number of rotatable bonds is 4. The highest BCUT2D eigenvalue weighted by molar-refractivity contribution is 9.10. The molecule has 1 aromatic heterocycles. The van der Waals surface area contributed by atoms with Gasteiger partial charge in [-0.1, -0.05) is 12.1 Å². The molecule has 1 fully saturated rings. The molecule has 1 saturated carbocycles. The summed E-state index contributed by atoms with van der Waals surface area (Å²) in [6, 6.07) is 13.7. The van der Waals surface area contributed by atoms with Gasteiger partial charge in [-0.25, -0.2) is 4.39 Å². The molecule has 1 heterocycles. The van der Waals surface area contributed by atoms with Crippen LogP contribution in [-0.2, 0) is 0 Å². The van der Waals surface area contributed by atoms with Crippen LogP contribution in [0.15, 0.2) is 59.2 Å². The second-order valence-corrected chi connectivity index (χ2v) is 7.87. The van der Waals surface area contributed by atoms with E-state index in [4.69, 9.17) is 4.74 Å². The zero-order chi connectivity index (χ0) is 19.5. The van der Waals surface area contributed by atoms with Gasteiger partial charge in [0.2, 0.25) is 0 Å². The van der Waals surface area contributed by atoms with Gasteiger partial charge in [0.1, 0.15) is 11.6 Å². The third-order valence-electron chi connectivity index (χ3n) is 5.07. The van der Waals surface area contributed by atoms with Crippen LogP contribution in [0.4, 0.5) is 4.39 Å². The van der Waals surface area contributed by atoms with Gasteiger partial charge in [0.05, 0.1) is 11.6 Å². The molecule has 4 rings (SSSR count). The fraction of sp³-hybridized carbons (Fsp3) is 0.273. The van der Waals surface area contributed by atoms with Crippen molar-refractivity contribution in [2.24, 2.45) is 0 Å². The average molecular weight is 443 g/mol. The standard InChI is InChI=1S/C22H20BrFN2O2/c23-19-6-2-5-18-20(11-12-25-21(18)19)28-17-9-7-16(8-10-17)26-22(27)14-3-1-4-15(24)13-14/h1-6,11-13,16-17H,7-10H2,(H,26,27). The Labute approximate surface area is 171 Å². The maximum absolute atomic E-state index is 13.3. The molecule has 2 aromatic carbocycles. The lowest BCUT2D eigenvalue weighted by Gasteiger charge is -2.29. The van der Waals surface area contributed by atoms with Gasteiger partial charge in [0, 0.05) is 27.7 Å². The number of carbonyl (C=O) groups excluding carboxylic acids is 1. The number of nitrogens with zero attached hydrogens (tertiary/aromatic N) is 1. The molecule has 1 aliphatic carbocycles. The minimum absolute atomic E-state index is 0.0824. The number of amides is 1. The van der Waals surface area contributed by atoms with Crippen LogP contribution in [0.25, 0.3) is 10.9 Å². The van der Waals surface area contributed by atoms with Crippen LogP contribution < -0.4 is 10.1 Å². The van der Waals surface area contributed by atoms with Crippen molar-refractivity contribution >= 4 is 32.7 Å². The Morgan fingerprint density at radius 1 is 1.11 bits per heavy atom. The van der Waals surface area contributed by atoms with Crippen LogP contribution in [0.3, 0.4) is 0 Å². The number of ether oxygens (including phenoxy) is 1. The number of fused-ring (bicyclic) bond motifs is 1. The normalized spacial score (nSPS) is 19.4. The lowest BCUT2D eigenvalue weighted by Crippen LogP contribution is -2.39. The molecular formula is C22H20BrFN2O2. The Hall–Kier alpha value is -2.47. The molecule has 0 bridgehead atoms. The smallest absolute Gasteiger partial charge is 0.251 e. The van der Waals surface area contributed by atoms with Crippen LogP contribution in [-0.4, -0.2) is 23.0 Å². The first-order chi connectivity index (χ1) is 13.6. The highest BCUT2D eigenvalue weighted by Gasteiger charge is 2.24. The van der Waals surface area contributed by atoms with Crippen molar-refractivity contribution in [2.75, 3.05) is 0 Å². The minimum Gasteiger partial charge on any atom is -0.490 e. The van der Waals surface area contributed by atoms with E-state index < -0.39 is 5.82 Å². The number of hydrogen-bond acceptors (Lipinski definition) is 3. The molecule has 144 valence electrons. The molecule has 0 spiro atoms. The third kappa shape index (κ3) is 4.17. The lowest BCUT2D eigenvalue weighted by molar-refractivity contribution is 0.0894. The monoisotopic (exact) mass is 442 g/mol. The zero-order valence-corrected chi connectivity index (χ0v) is 16.8. The lowest BCUT2D eigenvalue weighted by atomic mass is 9.92. The highest BCUT2D eigenvalue weighted by atomic mass is 79.9. The summed E-state index contributed by atoms with van der Waals surface area (Å²) in [5, 5.41) is 3.99. The van der Waals surface area contributed by atoms with Crippen molar-refractivity contribution in [3.05, 3.63) is 70.6 Å². The second-order valence-electron chi connectivity index (χ2n) is 7.02. The molecule has 1 N–H and O–H groups in total. The van der Waals surface area contributed by atoms with E-state index in [2.05, 4.69) is 26.2 Å². The molecular weight excluding hydrogens is 423 g/mol. The fourth-order valence-corrected chi connectivity index (χ4v) is 4.09. The van der Waals surface area contributed by atoms with E-state index >= 15 is 0 Å². The van der Waals surface area contributed by atoms with Crippen LogP contribution in [0.1, 0.15) is 36.0 Å². The van der Waals surface area contributed by atoms with E-state index in [1.807, 2.05) is 24.3 Å². The predicted molar refractivity (Wildman–Crippen MR) is 110 cm³/mol. The quantitative estimate of drug-likeness (QED) is 0.599. The molecule has 0 atom stereocenters. The summed E-state index contributed by atoms with van der Waals surface area (Å²) in [7, 11) is 0. The molecule has 3 aromatic rings. The van der Waals surface area contributed by atoms with E-state index in [0.29, 0.717) is 5.56 Å². The summed E-state index contributed by atoms with van der Waals surface area (Å²) in [4.78, 5) is 16.7. The van der Waals surface area contributed by atoms with Gasteiger partial charge in [0.15, 0.2) is 0 Å². The van der Waals surface area contributed by atoms with Gasteiger partial charge in [-0.2, -0.15) is 0 Å². The second kappa shape index (κ2) is 8.27. The predicted octanol–water partition coefficient (Wildman–Crippen LogP) is 5.26. The number of halogens is 2. The van der Waals surface area contributed by atoms with Crippen molar-refractivity contribution in [1.29, 1.82) is 0 Å². The van der Waals surface area contributed by atoms with E-state index in [1.54, 1.807) is 18.3 Å². The highest BCUT2D eigenvalue weighted by Crippen LogP contribution is 2.31. The summed E-state index contributed by atoms with van der Waals surface area (Å²) >= 11 is 3.53. The van der Waals surface area contributed by atoms with Gasteiger partial charge in [-0.15, -0.1) is 0 Å². The van der Waals surface area contributed by atoms with Crippen molar-refractivity contribution in [3.63, 3.8) is 0 Å².